The summed E-state index contributed by atoms with van der Waals surface area (Å²) in [5.74, 6) is 1.84. The summed E-state index contributed by atoms with van der Waals surface area (Å²) >= 11 is 7.71. The minimum atomic E-state index is -0.218. The molecule has 3 aromatic carbocycles. The van der Waals surface area contributed by atoms with E-state index in [-0.39, 0.29) is 5.91 Å². The second kappa shape index (κ2) is 9.32. The van der Waals surface area contributed by atoms with Crippen molar-refractivity contribution in [2.75, 3.05) is 18.2 Å². The fourth-order valence-corrected chi connectivity index (χ4v) is 4.75. The van der Waals surface area contributed by atoms with Gasteiger partial charge in [0.2, 0.25) is 0 Å². The first kappa shape index (κ1) is 22.2. The highest BCUT2D eigenvalue weighted by molar-refractivity contribution is 7.99. The quantitative estimate of drug-likeness (QED) is 0.413. The van der Waals surface area contributed by atoms with E-state index in [4.69, 9.17) is 26.5 Å². The fraction of sp³-hybridized carbons (Fsp3) is 0.120. The summed E-state index contributed by atoms with van der Waals surface area (Å²) in [6.07, 6.45) is 0. The van der Waals surface area contributed by atoms with Crippen LogP contribution in [0.2, 0.25) is 5.02 Å². The third kappa shape index (κ3) is 4.30. The van der Waals surface area contributed by atoms with Crippen LogP contribution < -0.4 is 14.7 Å². The zero-order valence-electron chi connectivity index (χ0n) is 18.5. The van der Waals surface area contributed by atoms with Crippen LogP contribution in [0.25, 0.3) is 11.4 Å². The van der Waals surface area contributed by atoms with Crippen LogP contribution in [0.1, 0.15) is 15.9 Å². The van der Waals surface area contributed by atoms with Crippen LogP contribution in [-0.4, -0.2) is 34.3 Å². The summed E-state index contributed by atoms with van der Waals surface area (Å²) in [5.41, 5.74) is 3.88. The lowest BCUT2D eigenvalue weighted by Gasteiger charge is -2.12. The van der Waals surface area contributed by atoms with Crippen LogP contribution in [0.4, 0.5) is 5.69 Å². The minimum absolute atomic E-state index is 0.218. The Kier molecular flexibility index (Phi) is 6.08. The van der Waals surface area contributed by atoms with Crippen LogP contribution in [-0.2, 0) is 7.05 Å². The first-order chi connectivity index (χ1) is 16.5. The van der Waals surface area contributed by atoms with Crippen LogP contribution in [0.5, 0.6) is 5.75 Å². The van der Waals surface area contributed by atoms with E-state index in [1.54, 1.807) is 43.1 Å². The van der Waals surface area contributed by atoms with Crippen LogP contribution >= 0.6 is 23.4 Å². The van der Waals surface area contributed by atoms with Gasteiger partial charge in [-0.05, 0) is 60.3 Å². The van der Waals surface area contributed by atoms with Crippen molar-refractivity contribution in [2.24, 2.45) is 12.1 Å². The van der Waals surface area contributed by atoms with Crippen molar-refractivity contribution in [1.82, 2.24) is 9.78 Å². The van der Waals surface area contributed by atoms with E-state index in [1.165, 1.54) is 0 Å². The van der Waals surface area contributed by atoms with Gasteiger partial charge >= 0.3 is 11.0 Å². The highest BCUT2D eigenvalue weighted by atomic mass is 35.5. The summed E-state index contributed by atoms with van der Waals surface area (Å²) in [4.78, 5) is 12.9. The topological polar surface area (TPSA) is 72.4 Å². The second-order valence-corrected chi connectivity index (χ2v) is 8.99. The lowest BCUT2D eigenvalue weighted by molar-refractivity contribution is -0.707. The van der Waals surface area contributed by atoms with E-state index >= 15 is 0 Å². The van der Waals surface area contributed by atoms with E-state index in [2.05, 4.69) is 5.32 Å². The lowest BCUT2D eigenvalue weighted by Crippen LogP contribution is -2.37. The smallest absolute Gasteiger partial charge is 0.335 e. The number of aryl methyl sites for hydroxylation is 1. The molecule has 34 heavy (non-hydrogen) atoms. The Bertz CT molecular complexity index is 1400. The summed E-state index contributed by atoms with van der Waals surface area (Å²) in [5, 5.41) is 14.2. The van der Waals surface area contributed by atoms with Gasteiger partial charge in [0, 0.05) is 21.2 Å². The standard InChI is InChI=1S/C25H20ClN5O2S/c1-30-25-31(28-22(15-34-25)16-7-11-18(26)12-8-16)23(29-30)20-5-3-4-6-21(20)27-24(32)17-9-13-19(33-2)14-10-17/h3-14H,15H2,1-2H3/p+1. The molecule has 0 atom stereocenters. The van der Waals surface area contributed by atoms with Gasteiger partial charge in [0.25, 0.3) is 5.91 Å². The number of anilines is 1. The fourth-order valence-electron chi connectivity index (χ4n) is 3.66. The van der Waals surface area contributed by atoms with Gasteiger partial charge in [0.15, 0.2) is 0 Å². The number of thioether (sulfide) groups is 1. The van der Waals surface area contributed by atoms with Crippen molar-refractivity contribution < 1.29 is 14.2 Å². The largest absolute Gasteiger partial charge is 0.497 e. The predicted molar refractivity (Wildman–Crippen MR) is 134 cm³/mol. The van der Waals surface area contributed by atoms with Crippen LogP contribution in [0.15, 0.2) is 83.1 Å². The van der Waals surface area contributed by atoms with Crippen molar-refractivity contribution in [1.29, 1.82) is 0 Å². The van der Waals surface area contributed by atoms with E-state index in [1.807, 2.05) is 64.9 Å². The molecule has 1 aromatic heterocycles. The van der Waals surface area contributed by atoms with Gasteiger partial charge < -0.3 is 10.1 Å². The highest BCUT2D eigenvalue weighted by Gasteiger charge is 2.31. The van der Waals surface area contributed by atoms with E-state index in [0.29, 0.717) is 27.8 Å². The minimum Gasteiger partial charge on any atom is -0.497 e. The number of carbonyl (C=O) groups excluding carboxylic acids is 1. The highest BCUT2D eigenvalue weighted by Crippen LogP contribution is 2.29. The van der Waals surface area contributed by atoms with Crippen molar-refractivity contribution in [3.63, 3.8) is 0 Å². The van der Waals surface area contributed by atoms with Crippen LogP contribution in [0.3, 0.4) is 0 Å². The average molecular weight is 491 g/mol. The number of hydrogen-bond acceptors (Lipinski definition) is 5. The number of methoxy groups -OCH3 is 1. The van der Waals surface area contributed by atoms with Gasteiger partial charge in [-0.1, -0.05) is 40.5 Å². The summed E-state index contributed by atoms with van der Waals surface area (Å²) < 4.78 is 8.82. The Morgan fingerprint density at radius 3 is 2.56 bits per heavy atom. The number of benzene rings is 3. The number of fused-ring (bicyclic) bond motifs is 1. The number of carbonyl (C=O) groups is 1. The summed E-state index contributed by atoms with van der Waals surface area (Å²) in [7, 11) is 3.49. The van der Waals surface area contributed by atoms with Crippen molar-refractivity contribution >= 4 is 40.7 Å². The molecule has 1 amide bonds. The Hall–Kier alpha value is -3.62. The number of halogens is 1. The number of nitrogens with zero attached hydrogens (tertiary/aromatic N) is 4. The molecule has 0 radical (unpaired) electrons. The predicted octanol–water partition coefficient (Wildman–Crippen LogP) is 4.65. The number of amides is 1. The zero-order chi connectivity index (χ0) is 23.7. The van der Waals surface area contributed by atoms with Gasteiger partial charge in [-0.2, -0.15) is 0 Å². The molecule has 4 aromatic rings. The number of aromatic nitrogens is 3. The molecule has 0 unspecified atom stereocenters. The van der Waals surface area contributed by atoms with Gasteiger partial charge in [0.1, 0.15) is 5.75 Å². The molecule has 2 heterocycles. The van der Waals surface area contributed by atoms with Crippen molar-refractivity contribution in [3.8, 4) is 17.1 Å². The maximum Gasteiger partial charge on any atom is 0.335 e. The van der Waals surface area contributed by atoms with Crippen molar-refractivity contribution in [3.05, 3.63) is 88.9 Å². The normalized spacial score (nSPS) is 12.6. The monoisotopic (exact) mass is 490 g/mol. The molecule has 0 fully saturated rings. The molecule has 170 valence electrons. The Morgan fingerprint density at radius 2 is 1.82 bits per heavy atom. The summed E-state index contributed by atoms with van der Waals surface area (Å²) in [6, 6.07) is 22.2. The Balaban J connectivity index is 1.51. The molecular formula is C25H21ClN5O2S+. The summed E-state index contributed by atoms with van der Waals surface area (Å²) in [6.45, 7) is 0. The molecule has 0 bridgehead atoms. The molecule has 0 spiro atoms. The molecule has 0 aliphatic carbocycles. The maximum absolute atomic E-state index is 12.9. The lowest BCUT2D eigenvalue weighted by atomic mass is 10.1. The van der Waals surface area contributed by atoms with E-state index < -0.39 is 0 Å². The number of rotatable bonds is 5. The average Bonchev–Trinajstić information content (AvgIpc) is 3.20. The third-order valence-electron chi connectivity index (χ3n) is 5.41. The van der Waals surface area contributed by atoms with Crippen molar-refractivity contribution in [2.45, 2.75) is 5.16 Å². The SMILES string of the molecule is COc1ccc(C(=O)Nc2ccccc2-c2nn(C)c3[n+]2N=C(c2ccc(Cl)cc2)CS3)cc1. The molecule has 5 rings (SSSR count). The maximum atomic E-state index is 12.9. The molecular weight excluding hydrogens is 470 g/mol. The molecule has 1 aliphatic rings. The molecule has 0 saturated heterocycles. The number of para-hydroxylation sites is 1. The van der Waals surface area contributed by atoms with Crippen LogP contribution in [0, 0.1) is 0 Å². The third-order valence-corrected chi connectivity index (χ3v) is 6.77. The Morgan fingerprint density at radius 1 is 1.09 bits per heavy atom. The number of nitrogens with one attached hydrogen (secondary N) is 1. The van der Waals surface area contributed by atoms with Gasteiger partial charge in [-0.25, -0.2) is 0 Å². The van der Waals surface area contributed by atoms with E-state index in [0.717, 1.165) is 27.7 Å². The molecule has 7 nitrogen and oxygen atoms in total. The first-order valence-corrected chi connectivity index (χ1v) is 11.9. The van der Waals surface area contributed by atoms with E-state index in [9.17, 15) is 4.79 Å². The second-order valence-electron chi connectivity index (χ2n) is 7.61. The molecule has 1 aliphatic heterocycles. The first-order valence-electron chi connectivity index (χ1n) is 10.5. The van der Waals surface area contributed by atoms with Gasteiger partial charge in [-0.3, -0.25) is 4.79 Å². The van der Waals surface area contributed by atoms with Gasteiger partial charge in [0.05, 0.1) is 36.9 Å². The molecule has 9 heteroatoms. The molecule has 0 saturated carbocycles. The molecule has 1 N–H and O–H groups in total. The number of hydrogen-bond donors (Lipinski definition) is 1. The Labute approximate surface area is 206 Å². The van der Waals surface area contributed by atoms with Gasteiger partial charge in [-0.15, -0.1) is 9.78 Å². The zero-order valence-corrected chi connectivity index (χ0v) is 20.1. The number of ether oxygens (including phenoxy) is 1.